The van der Waals surface area contributed by atoms with E-state index in [9.17, 15) is 14.3 Å². The van der Waals surface area contributed by atoms with E-state index < -0.39 is 5.82 Å². The van der Waals surface area contributed by atoms with E-state index in [-0.39, 0.29) is 29.1 Å². The number of nitrogens with zero attached hydrogens (tertiary/aromatic N) is 2. The monoisotopic (exact) mass is 308 g/mol. The van der Waals surface area contributed by atoms with Crippen molar-refractivity contribution in [2.45, 2.75) is 38.4 Å². The Morgan fingerprint density at radius 2 is 2.23 bits per heavy atom. The van der Waals surface area contributed by atoms with E-state index in [2.05, 4.69) is 4.98 Å². The number of aliphatic hydroxyl groups is 1. The first-order valence-corrected chi connectivity index (χ1v) is 7.76. The fourth-order valence-corrected chi connectivity index (χ4v) is 3.65. The molecule has 6 heteroatoms. The van der Waals surface area contributed by atoms with Crippen LogP contribution in [-0.4, -0.2) is 52.8 Å². The highest BCUT2D eigenvalue weighted by molar-refractivity contribution is 5.94. The van der Waals surface area contributed by atoms with E-state index in [4.69, 9.17) is 4.74 Å². The molecule has 1 saturated carbocycles. The largest absolute Gasteiger partial charge is 0.392 e. The van der Waals surface area contributed by atoms with Crippen molar-refractivity contribution in [2.75, 3.05) is 19.7 Å². The lowest BCUT2D eigenvalue weighted by Gasteiger charge is -2.56. The van der Waals surface area contributed by atoms with Crippen LogP contribution in [0.2, 0.25) is 0 Å². The van der Waals surface area contributed by atoms with E-state index in [1.54, 1.807) is 4.90 Å². The summed E-state index contributed by atoms with van der Waals surface area (Å²) in [5.41, 5.74) is 0.0546. The Bertz CT molecular complexity index is 556. The number of hydrogen-bond acceptors (Lipinski definition) is 4. The molecule has 2 fully saturated rings. The Hall–Kier alpha value is -1.53. The molecular weight excluding hydrogens is 287 g/mol. The molecule has 1 aliphatic carbocycles. The lowest BCUT2D eigenvalue weighted by molar-refractivity contribution is -0.207. The molecule has 1 N–H and O–H groups in total. The summed E-state index contributed by atoms with van der Waals surface area (Å²) in [5.74, 6) is -0.714. The van der Waals surface area contributed by atoms with Crippen LogP contribution in [0.15, 0.2) is 18.5 Å². The van der Waals surface area contributed by atoms with Gasteiger partial charge in [-0.05, 0) is 25.8 Å². The van der Waals surface area contributed by atoms with Crippen LogP contribution in [0.5, 0.6) is 0 Å². The van der Waals surface area contributed by atoms with Crippen molar-refractivity contribution in [2.24, 2.45) is 5.41 Å². The molecule has 5 nitrogen and oxygen atoms in total. The van der Waals surface area contributed by atoms with Gasteiger partial charge in [-0.15, -0.1) is 0 Å². The molecule has 2 heterocycles. The third kappa shape index (κ3) is 2.50. The third-order valence-electron chi connectivity index (χ3n) is 5.04. The van der Waals surface area contributed by atoms with Gasteiger partial charge in [-0.1, -0.05) is 0 Å². The van der Waals surface area contributed by atoms with Crippen LogP contribution in [-0.2, 0) is 4.74 Å². The number of carbonyl (C=O) groups is 1. The van der Waals surface area contributed by atoms with Crippen molar-refractivity contribution in [3.8, 4) is 0 Å². The van der Waals surface area contributed by atoms with Crippen molar-refractivity contribution < 1.29 is 19.0 Å². The maximum absolute atomic E-state index is 13.2. The summed E-state index contributed by atoms with van der Waals surface area (Å²) in [6.07, 6.45) is 4.31. The summed E-state index contributed by atoms with van der Waals surface area (Å²) in [6, 6.07) is 1.21. The summed E-state index contributed by atoms with van der Waals surface area (Å²) in [7, 11) is 0. The highest BCUT2D eigenvalue weighted by Crippen LogP contribution is 2.51. The quantitative estimate of drug-likeness (QED) is 0.921. The zero-order valence-corrected chi connectivity index (χ0v) is 12.7. The van der Waals surface area contributed by atoms with Crippen molar-refractivity contribution in [1.29, 1.82) is 0 Å². The van der Waals surface area contributed by atoms with E-state index >= 15 is 0 Å². The first-order valence-electron chi connectivity index (χ1n) is 7.76. The van der Waals surface area contributed by atoms with Crippen LogP contribution in [0.25, 0.3) is 0 Å². The minimum Gasteiger partial charge on any atom is -0.392 e. The van der Waals surface area contributed by atoms with Crippen molar-refractivity contribution in [3.05, 3.63) is 29.8 Å². The molecule has 1 spiro atoms. The molecular formula is C16H21FN2O3. The SMILES string of the molecule is CCOC1CC(O)C12CCN(C(=O)c1cncc(F)c1)CC2. The van der Waals surface area contributed by atoms with Crippen LogP contribution in [0.1, 0.15) is 36.5 Å². The molecule has 3 rings (SSSR count). The Morgan fingerprint density at radius 1 is 1.50 bits per heavy atom. The third-order valence-corrected chi connectivity index (χ3v) is 5.04. The molecule has 2 atom stereocenters. The number of halogens is 1. The second kappa shape index (κ2) is 5.93. The topological polar surface area (TPSA) is 62.7 Å². The van der Waals surface area contributed by atoms with Crippen LogP contribution >= 0.6 is 0 Å². The fourth-order valence-electron chi connectivity index (χ4n) is 3.65. The van der Waals surface area contributed by atoms with Crippen molar-refractivity contribution in [3.63, 3.8) is 0 Å². The van der Waals surface area contributed by atoms with Gasteiger partial charge in [-0.25, -0.2) is 4.39 Å². The number of aromatic nitrogens is 1. The van der Waals surface area contributed by atoms with Gasteiger partial charge in [0.15, 0.2) is 0 Å². The summed E-state index contributed by atoms with van der Waals surface area (Å²) in [5, 5.41) is 10.2. The molecule has 0 bridgehead atoms. The highest BCUT2D eigenvalue weighted by Gasteiger charge is 2.56. The standard InChI is InChI=1S/C16H21FN2O3/c1-2-22-14-8-13(20)16(14)3-5-19(6-4-16)15(21)11-7-12(17)10-18-9-11/h7,9-10,13-14,20H,2-6,8H2,1H3. The number of piperidine rings is 1. The van der Waals surface area contributed by atoms with Gasteiger partial charge in [-0.3, -0.25) is 9.78 Å². The van der Waals surface area contributed by atoms with E-state index in [0.29, 0.717) is 39.0 Å². The van der Waals surface area contributed by atoms with E-state index in [0.717, 1.165) is 6.20 Å². The van der Waals surface area contributed by atoms with Crippen LogP contribution in [0, 0.1) is 11.2 Å². The number of pyridine rings is 1. The molecule has 22 heavy (non-hydrogen) atoms. The van der Waals surface area contributed by atoms with Crippen LogP contribution in [0.4, 0.5) is 4.39 Å². The fraction of sp³-hybridized carbons (Fsp3) is 0.625. The highest BCUT2D eigenvalue weighted by atomic mass is 19.1. The van der Waals surface area contributed by atoms with Gasteiger partial charge in [0.2, 0.25) is 0 Å². The molecule has 0 aromatic carbocycles. The summed E-state index contributed by atoms with van der Waals surface area (Å²) in [4.78, 5) is 17.8. The molecule has 1 aliphatic heterocycles. The second-order valence-electron chi connectivity index (χ2n) is 6.11. The first-order chi connectivity index (χ1) is 10.6. The lowest BCUT2D eigenvalue weighted by Crippen LogP contribution is -2.62. The first kappa shape index (κ1) is 15.4. The smallest absolute Gasteiger partial charge is 0.255 e. The van der Waals surface area contributed by atoms with E-state index in [1.807, 2.05) is 6.92 Å². The predicted molar refractivity (Wildman–Crippen MR) is 77.8 cm³/mol. The Labute approximate surface area is 129 Å². The van der Waals surface area contributed by atoms with Crippen LogP contribution in [0.3, 0.4) is 0 Å². The maximum Gasteiger partial charge on any atom is 0.255 e. The zero-order chi connectivity index (χ0) is 15.7. The summed E-state index contributed by atoms with van der Waals surface area (Å²) >= 11 is 0. The number of carbonyl (C=O) groups excluding carboxylic acids is 1. The van der Waals surface area contributed by atoms with E-state index in [1.165, 1.54) is 12.3 Å². The van der Waals surface area contributed by atoms with Crippen molar-refractivity contribution in [1.82, 2.24) is 9.88 Å². The molecule has 1 aromatic rings. The number of ether oxygens (including phenoxy) is 1. The molecule has 120 valence electrons. The van der Waals surface area contributed by atoms with Gasteiger partial charge in [0, 0.05) is 37.7 Å². The Kier molecular flexibility index (Phi) is 4.14. The van der Waals surface area contributed by atoms with Gasteiger partial charge in [0.25, 0.3) is 5.91 Å². The normalized spacial score (nSPS) is 26.8. The van der Waals surface area contributed by atoms with Gasteiger partial charge in [-0.2, -0.15) is 0 Å². The van der Waals surface area contributed by atoms with Gasteiger partial charge in [0.1, 0.15) is 5.82 Å². The minimum atomic E-state index is -0.509. The van der Waals surface area contributed by atoms with Gasteiger partial charge in [0.05, 0.1) is 24.0 Å². The molecule has 2 aliphatic rings. The molecule has 1 amide bonds. The summed E-state index contributed by atoms with van der Waals surface area (Å²) < 4.78 is 18.9. The number of aliphatic hydroxyl groups excluding tert-OH is 1. The number of likely N-dealkylation sites (tertiary alicyclic amines) is 1. The summed E-state index contributed by atoms with van der Waals surface area (Å²) in [6.45, 7) is 3.69. The average molecular weight is 308 g/mol. The predicted octanol–water partition coefficient (Wildman–Crippen LogP) is 1.61. The van der Waals surface area contributed by atoms with Crippen molar-refractivity contribution >= 4 is 5.91 Å². The molecule has 1 saturated heterocycles. The second-order valence-corrected chi connectivity index (χ2v) is 6.11. The average Bonchev–Trinajstić information content (AvgIpc) is 2.54. The Morgan fingerprint density at radius 3 is 2.82 bits per heavy atom. The van der Waals surface area contributed by atoms with Crippen LogP contribution < -0.4 is 0 Å². The number of hydrogen-bond donors (Lipinski definition) is 1. The molecule has 0 radical (unpaired) electrons. The molecule has 2 unspecified atom stereocenters. The maximum atomic E-state index is 13.2. The Balaban J connectivity index is 1.65. The lowest BCUT2D eigenvalue weighted by atomic mass is 9.58. The molecule has 1 aromatic heterocycles. The number of amides is 1. The number of rotatable bonds is 3. The van der Waals surface area contributed by atoms with Gasteiger partial charge < -0.3 is 14.7 Å². The van der Waals surface area contributed by atoms with Gasteiger partial charge >= 0.3 is 0 Å². The minimum absolute atomic E-state index is 0.0839. The zero-order valence-electron chi connectivity index (χ0n) is 12.7.